The zero-order chi connectivity index (χ0) is 20.5. The molecule has 1 aliphatic rings. The molecule has 0 bridgehead atoms. The molecule has 28 heavy (non-hydrogen) atoms. The third kappa shape index (κ3) is 4.56. The fourth-order valence-corrected chi connectivity index (χ4v) is 3.15. The van der Waals surface area contributed by atoms with Crippen molar-refractivity contribution in [2.75, 3.05) is 5.73 Å². The molecular formula is C16H22N5O6P. The SMILES string of the molecule is CC(C)(C)C(=O)OOP(=O)(O)/C=C/C1CCC(n2cnc3c(N)ncnc32)O1. The second-order valence-corrected chi connectivity index (χ2v) is 8.97. The largest absolute Gasteiger partial charge is 0.389 e. The van der Waals surface area contributed by atoms with Gasteiger partial charge in [0.05, 0.1) is 17.8 Å². The highest BCUT2D eigenvalue weighted by Gasteiger charge is 2.30. The summed E-state index contributed by atoms with van der Waals surface area (Å²) in [7, 11) is -4.25. The van der Waals surface area contributed by atoms with Gasteiger partial charge < -0.3 is 15.4 Å². The molecule has 1 fully saturated rings. The van der Waals surface area contributed by atoms with E-state index in [-0.39, 0.29) is 12.0 Å². The van der Waals surface area contributed by atoms with Gasteiger partial charge in [-0.25, -0.2) is 19.7 Å². The van der Waals surface area contributed by atoms with E-state index >= 15 is 0 Å². The molecule has 0 aromatic carbocycles. The summed E-state index contributed by atoms with van der Waals surface area (Å²) < 4.78 is 24.0. The predicted octanol–water partition coefficient (Wildman–Crippen LogP) is 2.31. The van der Waals surface area contributed by atoms with Gasteiger partial charge in [-0.05, 0) is 39.7 Å². The van der Waals surface area contributed by atoms with Crippen molar-refractivity contribution < 1.29 is 28.6 Å². The molecule has 11 nitrogen and oxygen atoms in total. The highest BCUT2D eigenvalue weighted by atomic mass is 31.2. The van der Waals surface area contributed by atoms with Crippen LogP contribution in [0, 0.1) is 5.41 Å². The van der Waals surface area contributed by atoms with Crippen molar-refractivity contribution >= 4 is 30.5 Å². The molecule has 3 N–H and O–H groups in total. The van der Waals surface area contributed by atoms with Crippen molar-refractivity contribution in [2.24, 2.45) is 5.41 Å². The number of nitrogen functional groups attached to an aromatic ring is 1. The number of carbonyl (C=O) groups is 1. The minimum atomic E-state index is -4.25. The number of nitrogens with two attached hydrogens (primary N) is 1. The number of imidazole rings is 1. The van der Waals surface area contributed by atoms with E-state index in [1.54, 1.807) is 31.7 Å². The number of hydrogen-bond acceptors (Lipinski definition) is 9. The summed E-state index contributed by atoms with van der Waals surface area (Å²) in [5, 5.41) is 0. The molecule has 3 unspecified atom stereocenters. The molecule has 3 atom stereocenters. The lowest BCUT2D eigenvalue weighted by molar-refractivity contribution is -0.225. The van der Waals surface area contributed by atoms with E-state index in [1.807, 2.05) is 0 Å². The first-order valence-electron chi connectivity index (χ1n) is 8.58. The summed E-state index contributed by atoms with van der Waals surface area (Å²) in [4.78, 5) is 38.1. The highest BCUT2D eigenvalue weighted by Crippen LogP contribution is 2.45. The van der Waals surface area contributed by atoms with Crippen LogP contribution in [0.5, 0.6) is 0 Å². The number of rotatable bonds is 5. The third-order valence-electron chi connectivity index (χ3n) is 4.05. The molecule has 0 spiro atoms. The van der Waals surface area contributed by atoms with E-state index < -0.39 is 25.1 Å². The lowest BCUT2D eigenvalue weighted by atomic mass is 9.98. The molecule has 3 rings (SSSR count). The molecule has 0 radical (unpaired) electrons. The van der Waals surface area contributed by atoms with Crippen LogP contribution < -0.4 is 5.73 Å². The Hall–Kier alpha value is -2.33. The maximum Gasteiger partial charge on any atom is 0.389 e. The molecule has 0 amide bonds. The van der Waals surface area contributed by atoms with Crippen LogP contribution in [0.25, 0.3) is 11.2 Å². The number of ether oxygens (including phenoxy) is 1. The number of anilines is 1. The van der Waals surface area contributed by atoms with Crippen LogP contribution in [-0.4, -0.2) is 36.5 Å². The Bertz CT molecular complexity index is 953. The molecule has 3 heterocycles. The smallest absolute Gasteiger partial charge is 0.382 e. The number of carbonyl (C=O) groups excluding carboxylic acids is 1. The monoisotopic (exact) mass is 411 g/mol. The zero-order valence-electron chi connectivity index (χ0n) is 15.7. The van der Waals surface area contributed by atoms with E-state index in [9.17, 15) is 14.3 Å². The second-order valence-electron chi connectivity index (χ2n) is 7.39. The van der Waals surface area contributed by atoms with Crippen molar-refractivity contribution in [1.29, 1.82) is 0 Å². The van der Waals surface area contributed by atoms with E-state index in [0.717, 1.165) is 5.82 Å². The second kappa shape index (κ2) is 7.59. The number of fused-ring (bicyclic) bond motifs is 1. The first-order valence-corrected chi connectivity index (χ1v) is 10.2. The standard InChI is InChI=1S/C16H22N5O6P/c1-16(2,3)15(22)26-27-28(23,24)7-6-10-4-5-11(25-10)21-9-20-12-13(17)18-8-19-14(12)21/h6-11H,4-5H2,1-3H3,(H,23,24)(H2,17,18,19)/b7-6+. The van der Waals surface area contributed by atoms with Gasteiger partial charge in [-0.1, -0.05) is 4.67 Å². The number of aromatic nitrogens is 4. The molecule has 152 valence electrons. The zero-order valence-corrected chi connectivity index (χ0v) is 16.6. The Morgan fingerprint density at radius 1 is 1.39 bits per heavy atom. The molecule has 12 heteroatoms. The van der Waals surface area contributed by atoms with E-state index in [1.165, 1.54) is 12.4 Å². The quantitative estimate of drug-likeness (QED) is 0.426. The minimum Gasteiger partial charge on any atom is -0.382 e. The molecule has 0 saturated carbocycles. The van der Waals surface area contributed by atoms with E-state index in [0.29, 0.717) is 24.0 Å². The summed E-state index contributed by atoms with van der Waals surface area (Å²) in [5.41, 5.74) is 5.96. The van der Waals surface area contributed by atoms with Gasteiger partial charge in [0.15, 0.2) is 11.5 Å². The highest BCUT2D eigenvalue weighted by molar-refractivity contribution is 7.56. The normalized spacial score (nSPS) is 22.6. The number of nitrogens with zero attached hydrogens (tertiary/aromatic N) is 4. The maximum absolute atomic E-state index is 12.0. The van der Waals surface area contributed by atoms with Crippen LogP contribution in [0.2, 0.25) is 0 Å². The van der Waals surface area contributed by atoms with Crippen LogP contribution in [0.3, 0.4) is 0 Å². The van der Waals surface area contributed by atoms with Crippen molar-refractivity contribution in [3.63, 3.8) is 0 Å². The van der Waals surface area contributed by atoms with Gasteiger partial charge in [-0.3, -0.25) is 14.0 Å². The predicted molar refractivity (Wildman–Crippen MR) is 98.5 cm³/mol. The average molecular weight is 411 g/mol. The molecule has 0 aliphatic carbocycles. The van der Waals surface area contributed by atoms with Gasteiger partial charge in [-0.15, -0.1) is 0 Å². The van der Waals surface area contributed by atoms with Gasteiger partial charge in [0, 0.05) is 5.82 Å². The van der Waals surface area contributed by atoms with Crippen LogP contribution in [0.4, 0.5) is 5.82 Å². The Morgan fingerprint density at radius 3 is 2.86 bits per heavy atom. The van der Waals surface area contributed by atoms with Gasteiger partial charge in [0.1, 0.15) is 18.1 Å². The van der Waals surface area contributed by atoms with E-state index in [2.05, 4.69) is 24.5 Å². The van der Waals surface area contributed by atoms with Crippen molar-refractivity contribution in [3.8, 4) is 0 Å². The van der Waals surface area contributed by atoms with Crippen molar-refractivity contribution in [1.82, 2.24) is 19.5 Å². The first kappa shape index (κ1) is 20.4. The summed E-state index contributed by atoms with van der Waals surface area (Å²) in [6, 6.07) is 0. The van der Waals surface area contributed by atoms with Gasteiger partial charge in [0.25, 0.3) is 0 Å². The third-order valence-corrected chi connectivity index (χ3v) is 4.89. The molecular weight excluding hydrogens is 389 g/mol. The first-order chi connectivity index (χ1) is 13.1. The summed E-state index contributed by atoms with van der Waals surface area (Å²) in [6.07, 6.45) is 4.78. The lowest BCUT2D eigenvalue weighted by Crippen LogP contribution is -2.22. The Balaban J connectivity index is 1.61. The average Bonchev–Trinajstić information content (AvgIpc) is 3.24. The Morgan fingerprint density at radius 2 is 2.14 bits per heavy atom. The van der Waals surface area contributed by atoms with Crippen LogP contribution in [0.1, 0.15) is 39.8 Å². The topological polar surface area (TPSA) is 152 Å². The van der Waals surface area contributed by atoms with Crippen molar-refractivity contribution in [2.45, 2.75) is 45.9 Å². The molecule has 2 aromatic rings. The summed E-state index contributed by atoms with van der Waals surface area (Å²) in [5.74, 6) is 0.476. The lowest BCUT2D eigenvalue weighted by Gasteiger charge is -2.16. The summed E-state index contributed by atoms with van der Waals surface area (Å²) >= 11 is 0. The summed E-state index contributed by atoms with van der Waals surface area (Å²) in [6.45, 7) is 4.80. The van der Waals surface area contributed by atoms with Crippen LogP contribution in [-0.2, 0) is 23.7 Å². The number of hydrogen-bond donors (Lipinski definition) is 2. The Kier molecular flexibility index (Phi) is 5.53. The van der Waals surface area contributed by atoms with Gasteiger partial charge in [-0.2, -0.15) is 0 Å². The molecule has 2 aromatic heterocycles. The van der Waals surface area contributed by atoms with Gasteiger partial charge >= 0.3 is 13.6 Å². The Labute approximate surface area is 161 Å². The fraction of sp³-hybridized carbons (Fsp3) is 0.500. The fourth-order valence-electron chi connectivity index (χ4n) is 2.51. The van der Waals surface area contributed by atoms with Crippen LogP contribution >= 0.6 is 7.60 Å². The molecule has 1 aliphatic heterocycles. The molecule has 1 saturated heterocycles. The minimum absolute atomic E-state index is 0.279. The van der Waals surface area contributed by atoms with Crippen molar-refractivity contribution in [3.05, 3.63) is 24.5 Å². The van der Waals surface area contributed by atoms with E-state index in [4.69, 9.17) is 10.5 Å². The van der Waals surface area contributed by atoms with Gasteiger partial charge in [0.2, 0.25) is 0 Å². The maximum atomic E-state index is 12.0. The van der Waals surface area contributed by atoms with Crippen LogP contribution in [0.15, 0.2) is 24.5 Å².